The van der Waals surface area contributed by atoms with Gasteiger partial charge in [-0.15, -0.1) is 0 Å². The van der Waals surface area contributed by atoms with Gasteiger partial charge in [0.2, 0.25) is 5.91 Å². The van der Waals surface area contributed by atoms with Gasteiger partial charge >= 0.3 is 5.97 Å². The lowest BCUT2D eigenvalue weighted by molar-refractivity contribution is -0.116. The SMILES string of the molecule is CCCCCCCCCCCCCCCC(=O)Nc1cc(N)cc(C(=O)OCC)c1. The van der Waals surface area contributed by atoms with Crippen LogP contribution < -0.4 is 11.1 Å². The van der Waals surface area contributed by atoms with Gasteiger partial charge in [-0.1, -0.05) is 84.0 Å². The van der Waals surface area contributed by atoms with Crippen molar-refractivity contribution in [2.45, 2.75) is 104 Å². The fraction of sp³-hybridized carbons (Fsp3) is 0.680. The van der Waals surface area contributed by atoms with Crippen molar-refractivity contribution in [3.05, 3.63) is 23.8 Å². The van der Waals surface area contributed by atoms with Crippen LogP contribution in [0, 0.1) is 0 Å². The first-order valence-corrected chi connectivity index (χ1v) is 11.9. The number of amides is 1. The molecular weight excluding hydrogens is 376 g/mol. The molecule has 0 bridgehead atoms. The summed E-state index contributed by atoms with van der Waals surface area (Å²) in [5, 5.41) is 2.84. The number of ether oxygens (including phenoxy) is 1. The normalized spacial score (nSPS) is 10.7. The van der Waals surface area contributed by atoms with E-state index in [1.165, 1.54) is 70.6 Å². The maximum Gasteiger partial charge on any atom is 0.338 e. The lowest BCUT2D eigenvalue weighted by Gasteiger charge is -2.09. The van der Waals surface area contributed by atoms with Crippen molar-refractivity contribution < 1.29 is 14.3 Å². The predicted octanol–water partition coefficient (Wildman–Crippen LogP) is 6.87. The molecule has 30 heavy (non-hydrogen) atoms. The van der Waals surface area contributed by atoms with E-state index in [9.17, 15) is 9.59 Å². The third-order valence-electron chi connectivity index (χ3n) is 5.26. The van der Waals surface area contributed by atoms with Crippen molar-refractivity contribution in [2.24, 2.45) is 0 Å². The average molecular weight is 419 g/mol. The van der Waals surface area contributed by atoms with Gasteiger partial charge in [-0.3, -0.25) is 4.79 Å². The monoisotopic (exact) mass is 418 g/mol. The molecule has 0 atom stereocenters. The maximum atomic E-state index is 12.2. The highest BCUT2D eigenvalue weighted by molar-refractivity contribution is 5.95. The molecule has 0 radical (unpaired) electrons. The molecule has 3 N–H and O–H groups in total. The van der Waals surface area contributed by atoms with Gasteiger partial charge in [-0.2, -0.15) is 0 Å². The number of unbranched alkanes of at least 4 members (excludes halogenated alkanes) is 12. The zero-order chi connectivity index (χ0) is 22.0. The number of benzene rings is 1. The van der Waals surface area contributed by atoms with Crippen LogP contribution in [0.25, 0.3) is 0 Å². The van der Waals surface area contributed by atoms with E-state index in [4.69, 9.17) is 10.5 Å². The summed E-state index contributed by atoms with van der Waals surface area (Å²) in [4.78, 5) is 24.0. The molecule has 5 nitrogen and oxygen atoms in total. The Balaban J connectivity index is 2.09. The number of hydrogen-bond donors (Lipinski definition) is 2. The summed E-state index contributed by atoms with van der Waals surface area (Å²) in [6.45, 7) is 4.31. The second kappa shape index (κ2) is 16.7. The third-order valence-corrected chi connectivity index (χ3v) is 5.26. The van der Waals surface area contributed by atoms with E-state index in [0.717, 1.165) is 12.8 Å². The number of nitrogen functional groups attached to an aromatic ring is 1. The number of rotatable bonds is 17. The van der Waals surface area contributed by atoms with Crippen molar-refractivity contribution in [3.63, 3.8) is 0 Å². The molecule has 0 unspecified atom stereocenters. The molecule has 1 rings (SSSR count). The minimum atomic E-state index is -0.434. The molecule has 0 fully saturated rings. The van der Waals surface area contributed by atoms with Gasteiger partial charge < -0.3 is 15.8 Å². The molecule has 1 aromatic rings. The van der Waals surface area contributed by atoms with Gasteiger partial charge in [-0.05, 0) is 31.5 Å². The highest BCUT2D eigenvalue weighted by Crippen LogP contribution is 2.18. The second-order valence-corrected chi connectivity index (χ2v) is 8.10. The van der Waals surface area contributed by atoms with Gasteiger partial charge in [0, 0.05) is 17.8 Å². The molecule has 1 aromatic carbocycles. The fourth-order valence-corrected chi connectivity index (χ4v) is 3.58. The number of carbonyl (C=O) groups is 2. The number of carbonyl (C=O) groups excluding carboxylic acids is 2. The Labute approximate surface area is 183 Å². The predicted molar refractivity (Wildman–Crippen MR) is 126 cm³/mol. The van der Waals surface area contributed by atoms with E-state index in [2.05, 4.69) is 12.2 Å². The molecule has 0 aliphatic rings. The van der Waals surface area contributed by atoms with E-state index >= 15 is 0 Å². The number of nitrogens with two attached hydrogens (primary N) is 1. The molecule has 0 aliphatic heterocycles. The second-order valence-electron chi connectivity index (χ2n) is 8.10. The zero-order valence-corrected chi connectivity index (χ0v) is 19.1. The zero-order valence-electron chi connectivity index (χ0n) is 19.1. The summed E-state index contributed by atoms with van der Waals surface area (Å²) in [5.74, 6) is -0.477. The van der Waals surface area contributed by atoms with Gasteiger partial charge in [0.15, 0.2) is 0 Å². The Morgan fingerprint density at radius 3 is 1.87 bits per heavy atom. The van der Waals surface area contributed by atoms with Crippen molar-refractivity contribution in [1.82, 2.24) is 0 Å². The van der Waals surface area contributed by atoms with Gasteiger partial charge in [0.1, 0.15) is 0 Å². The van der Waals surface area contributed by atoms with Crippen LogP contribution in [0.3, 0.4) is 0 Å². The molecule has 0 heterocycles. The third kappa shape index (κ3) is 12.5. The van der Waals surface area contributed by atoms with E-state index in [-0.39, 0.29) is 5.91 Å². The summed E-state index contributed by atoms with van der Waals surface area (Å²) in [6, 6.07) is 4.82. The van der Waals surface area contributed by atoms with E-state index in [1.807, 2.05) is 0 Å². The van der Waals surface area contributed by atoms with Crippen LogP contribution in [-0.2, 0) is 9.53 Å². The number of esters is 1. The molecule has 0 aromatic heterocycles. The first-order valence-electron chi connectivity index (χ1n) is 11.9. The highest BCUT2D eigenvalue weighted by atomic mass is 16.5. The summed E-state index contributed by atoms with van der Waals surface area (Å²) < 4.78 is 4.99. The molecule has 0 saturated carbocycles. The summed E-state index contributed by atoms with van der Waals surface area (Å²) in [7, 11) is 0. The van der Waals surface area contributed by atoms with Crippen LogP contribution in [0.1, 0.15) is 114 Å². The topological polar surface area (TPSA) is 81.4 Å². The molecule has 170 valence electrons. The van der Waals surface area contributed by atoms with Gasteiger partial charge in [0.25, 0.3) is 0 Å². The summed E-state index contributed by atoms with van der Waals surface area (Å²) in [6.07, 6.45) is 17.2. The lowest BCUT2D eigenvalue weighted by Crippen LogP contribution is -2.13. The minimum absolute atomic E-state index is 0.0431. The van der Waals surface area contributed by atoms with Crippen LogP contribution in [0.2, 0.25) is 0 Å². The Morgan fingerprint density at radius 1 is 0.800 bits per heavy atom. The Kier molecular flexibility index (Phi) is 14.5. The first kappa shape index (κ1) is 26.0. The fourth-order valence-electron chi connectivity index (χ4n) is 3.58. The number of nitrogens with one attached hydrogen (secondary N) is 1. The standard InChI is InChI=1S/C25H42N2O3/c1-3-5-6-7-8-9-10-11-12-13-14-15-16-17-24(28)27-23-19-21(18-22(26)20-23)25(29)30-4-2/h18-20H,3-17,26H2,1-2H3,(H,27,28). The van der Waals surface area contributed by atoms with Gasteiger partial charge in [0.05, 0.1) is 12.2 Å². The lowest BCUT2D eigenvalue weighted by atomic mass is 10.0. The first-order chi connectivity index (χ1) is 14.6. The van der Waals surface area contributed by atoms with Crippen molar-refractivity contribution in [1.29, 1.82) is 0 Å². The Morgan fingerprint density at radius 2 is 1.33 bits per heavy atom. The van der Waals surface area contributed by atoms with Crippen molar-refractivity contribution in [2.75, 3.05) is 17.7 Å². The van der Waals surface area contributed by atoms with Crippen LogP contribution >= 0.6 is 0 Å². The summed E-state index contributed by atoms with van der Waals surface area (Å²) >= 11 is 0. The molecule has 0 saturated heterocycles. The average Bonchev–Trinajstić information content (AvgIpc) is 2.71. The van der Waals surface area contributed by atoms with E-state index in [1.54, 1.807) is 25.1 Å². The molecular formula is C25H42N2O3. The maximum absolute atomic E-state index is 12.2. The van der Waals surface area contributed by atoms with Crippen LogP contribution in [-0.4, -0.2) is 18.5 Å². The van der Waals surface area contributed by atoms with Crippen molar-refractivity contribution >= 4 is 23.3 Å². The quantitative estimate of drug-likeness (QED) is 0.164. The van der Waals surface area contributed by atoms with Crippen LogP contribution in [0.15, 0.2) is 18.2 Å². The minimum Gasteiger partial charge on any atom is -0.462 e. The molecule has 1 amide bonds. The largest absolute Gasteiger partial charge is 0.462 e. The molecule has 0 spiro atoms. The van der Waals surface area contributed by atoms with Crippen LogP contribution in [0.5, 0.6) is 0 Å². The molecule has 5 heteroatoms. The summed E-state index contributed by atoms with van der Waals surface area (Å²) in [5.41, 5.74) is 7.16. The number of hydrogen-bond acceptors (Lipinski definition) is 4. The van der Waals surface area contributed by atoms with Crippen molar-refractivity contribution in [3.8, 4) is 0 Å². The smallest absolute Gasteiger partial charge is 0.338 e. The van der Waals surface area contributed by atoms with E-state index < -0.39 is 5.97 Å². The highest BCUT2D eigenvalue weighted by Gasteiger charge is 2.10. The Hall–Kier alpha value is -2.04. The number of anilines is 2. The van der Waals surface area contributed by atoms with Gasteiger partial charge in [-0.25, -0.2) is 4.79 Å². The molecule has 0 aliphatic carbocycles. The Bertz CT molecular complexity index is 616. The van der Waals surface area contributed by atoms with Crippen LogP contribution in [0.4, 0.5) is 11.4 Å². The van der Waals surface area contributed by atoms with E-state index in [0.29, 0.717) is 30.0 Å².